The molecule has 0 saturated carbocycles. The maximum Gasteiger partial charge on any atom is 0.310 e. The van der Waals surface area contributed by atoms with Gasteiger partial charge in [0.2, 0.25) is 0 Å². The molecule has 1 aliphatic heterocycles. The highest BCUT2D eigenvalue weighted by molar-refractivity contribution is 8.00. The number of thioether (sulfide) groups is 2. The Bertz CT molecular complexity index is 289. The number of carbonyl (C=O) groups is 1. The minimum absolute atomic E-state index is 0.00580. The normalized spacial score (nSPS) is 25.3. The first kappa shape index (κ1) is 16.2. The van der Waals surface area contributed by atoms with Gasteiger partial charge in [0, 0.05) is 21.0 Å². The number of hydrogen-bond donors (Lipinski definition) is 0. The van der Waals surface area contributed by atoms with E-state index in [9.17, 15) is 4.79 Å². The molecule has 0 aromatic carbocycles. The van der Waals surface area contributed by atoms with Gasteiger partial charge in [-0.05, 0) is 6.42 Å². The fourth-order valence-electron chi connectivity index (χ4n) is 1.65. The van der Waals surface area contributed by atoms with Crippen molar-refractivity contribution in [2.24, 2.45) is 5.92 Å². The first-order chi connectivity index (χ1) is 8.07. The topological polar surface area (TPSA) is 26.3 Å². The second-order valence-electron chi connectivity index (χ2n) is 6.84. The van der Waals surface area contributed by atoms with E-state index in [1.54, 1.807) is 0 Å². The second kappa shape index (κ2) is 6.08. The van der Waals surface area contributed by atoms with Gasteiger partial charge < -0.3 is 4.74 Å². The average Bonchev–Trinajstić information content (AvgIpc) is 2.51. The van der Waals surface area contributed by atoms with E-state index < -0.39 is 0 Å². The first-order valence-corrected chi connectivity index (χ1v) is 8.52. The van der Waals surface area contributed by atoms with Crippen molar-refractivity contribution in [1.29, 1.82) is 0 Å². The summed E-state index contributed by atoms with van der Waals surface area (Å²) in [7, 11) is 0. The highest BCUT2D eigenvalue weighted by atomic mass is 32.2. The van der Waals surface area contributed by atoms with Crippen LogP contribution in [0.2, 0.25) is 0 Å². The monoisotopic (exact) mass is 290 g/mol. The first-order valence-electron chi connectivity index (χ1n) is 6.55. The Hall–Kier alpha value is 0.170. The van der Waals surface area contributed by atoms with Crippen LogP contribution in [0.3, 0.4) is 0 Å². The summed E-state index contributed by atoms with van der Waals surface area (Å²) in [5, 5.41) is 0. The van der Waals surface area contributed by atoms with Crippen LogP contribution in [-0.4, -0.2) is 33.1 Å². The van der Waals surface area contributed by atoms with Crippen molar-refractivity contribution in [2.75, 3.05) is 11.5 Å². The number of ether oxygens (including phenoxy) is 1. The Balaban J connectivity index is 2.35. The van der Waals surface area contributed by atoms with Crippen molar-refractivity contribution in [1.82, 2.24) is 0 Å². The fraction of sp³-hybridized carbons (Fsp3) is 0.929. The molecule has 0 amide bonds. The third-order valence-electron chi connectivity index (χ3n) is 2.58. The summed E-state index contributed by atoms with van der Waals surface area (Å²) < 4.78 is 5.92. The minimum atomic E-state index is 0.00580. The van der Waals surface area contributed by atoms with Crippen molar-refractivity contribution in [3.63, 3.8) is 0 Å². The van der Waals surface area contributed by atoms with E-state index in [2.05, 4.69) is 41.5 Å². The zero-order valence-corrected chi connectivity index (χ0v) is 14.0. The molecule has 2 atom stereocenters. The Labute approximate surface area is 120 Å². The average molecular weight is 290 g/mol. The molecule has 0 radical (unpaired) electrons. The van der Waals surface area contributed by atoms with Crippen molar-refractivity contribution in [3.05, 3.63) is 0 Å². The molecule has 0 spiro atoms. The van der Waals surface area contributed by atoms with Gasteiger partial charge in [-0.2, -0.15) is 23.5 Å². The van der Waals surface area contributed by atoms with Crippen LogP contribution in [0.1, 0.15) is 48.0 Å². The molecule has 0 N–H and O–H groups in total. The molecule has 0 bridgehead atoms. The third-order valence-corrected chi connectivity index (χ3v) is 5.42. The smallest absolute Gasteiger partial charge is 0.310 e. The van der Waals surface area contributed by atoms with Crippen molar-refractivity contribution in [3.8, 4) is 0 Å². The summed E-state index contributed by atoms with van der Waals surface area (Å²) in [6, 6.07) is 0. The zero-order chi connectivity index (χ0) is 14.0. The number of rotatable bonds is 4. The SMILES string of the molecule is CC(C)(C)SCC1CC(CSC(C)(C)C)C(=O)O1. The van der Waals surface area contributed by atoms with Gasteiger partial charge in [-0.3, -0.25) is 4.79 Å². The summed E-state index contributed by atoms with van der Waals surface area (Å²) in [6.45, 7) is 13.1. The number of cyclic esters (lactones) is 1. The maximum absolute atomic E-state index is 11.8. The molecular formula is C14H26O2S2. The van der Waals surface area contributed by atoms with Gasteiger partial charge in [-0.25, -0.2) is 0 Å². The van der Waals surface area contributed by atoms with Crippen molar-refractivity contribution >= 4 is 29.5 Å². The largest absolute Gasteiger partial charge is 0.461 e. The van der Waals surface area contributed by atoms with E-state index in [1.165, 1.54) is 0 Å². The second-order valence-corrected chi connectivity index (χ2v) is 10.5. The van der Waals surface area contributed by atoms with Crippen LogP contribution in [0.4, 0.5) is 0 Å². The number of esters is 1. The molecule has 0 aromatic rings. The lowest BCUT2D eigenvalue weighted by Crippen LogP contribution is -2.16. The number of hydrogen-bond acceptors (Lipinski definition) is 4. The van der Waals surface area contributed by atoms with Gasteiger partial charge in [0.15, 0.2) is 0 Å². The lowest BCUT2D eigenvalue weighted by Gasteiger charge is -2.20. The molecule has 2 nitrogen and oxygen atoms in total. The molecular weight excluding hydrogens is 264 g/mol. The third kappa shape index (κ3) is 6.37. The lowest BCUT2D eigenvalue weighted by atomic mass is 10.1. The standard InChI is InChI=1S/C14H26O2S2/c1-13(2,3)17-8-10-7-11(16-12(10)15)9-18-14(4,5)6/h10-11H,7-9H2,1-6H3. The van der Waals surface area contributed by atoms with Crippen molar-refractivity contribution in [2.45, 2.75) is 63.6 Å². The van der Waals surface area contributed by atoms with Gasteiger partial charge in [0.05, 0.1) is 5.92 Å². The molecule has 1 fully saturated rings. The molecule has 2 unspecified atom stereocenters. The minimum Gasteiger partial charge on any atom is -0.461 e. The molecule has 1 heterocycles. The molecule has 4 heteroatoms. The molecule has 1 saturated heterocycles. The summed E-state index contributed by atoms with van der Waals surface area (Å²) in [4.78, 5) is 11.8. The van der Waals surface area contributed by atoms with Crippen LogP contribution in [0, 0.1) is 5.92 Å². The molecule has 1 aliphatic rings. The van der Waals surface area contributed by atoms with E-state index >= 15 is 0 Å². The summed E-state index contributed by atoms with van der Waals surface area (Å²) >= 11 is 3.73. The summed E-state index contributed by atoms with van der Waals surface area (Å²) in [6.07, 6.45) is 1.01. The van der Waals surface area contributed by atoms with E-state index in [1.807, 2.05) is 23.5 Å². The fourth-order valence-corrected chi connectivity index (χ4v) is 3.52. The molecule has 1 rings (SSSR count). The van der Waals surface area contributed by atoms with Gasteiger partial charge in [-0.15, -0.1) is 0 Å². The van der Waals surface area contributed by atoms with Gasteiger partial charge in [-0.1, -0.05) is 41.5 Å². The van der Waals surface area contributed by atoms with Gasteiger partial charge in [0.1, 0.15) is 6.10 Å². The van der Waals surface area contributed by atoms with Gasteiger partial charge in [0.25, 0.3) is 0 Å². The van der Waals surface area contributed by atoms with Crippen LogP contribution in [0.5, 0.6) is 0 Å². The number of carbonyl (C=O) groups excluding carboxylic acids is 1. The molecule has 18 heavy (non-hydrogen) atoms. The Kier molecular flexibility index (Phi) is 5.48. The summed E-state index contributed by atoms with van der Waals surface area (Å²) in [5.41, 5.74) is 0. The Morgan fingerprint density at radius 1 is 1.06 bits per heavy atom. The van der Waals surface area contributed by atoms with Crippen LogP contribution >= 0.6 is 23.5 Å². The quantitative estimate of drug-likeness (QED) is 0.732. The molecule has 0 aliphatic carbocycles. The predicted molar refractivity (Wildman–Crippen MR) is 82.4 cm³/mol. The van der Waals surface area contributed by atoms with E-state index in [0.29, 0.717) is 0 Å². The van der Waals surface area contributed by atoms with Crippen LogP contribution < -0.4 is 0 Å². The lowest BCUT2D eigenvalue weighted by molar-refractivity contribution is -0.143. The van der Waals surface area contributed by atoms with E-state index in [-0.39, 0.29) is 27.5 Å². The van der Waals surface area contributed by atoms with Gasteiger partial charge >= 0.3 is 5.97 Å². The van der Waals surface area contributed by atoms with Crippen molar-refractivity contribution < 1.29 is 9.53 Å². The summed E-state index contributed by atoms with van der Waals surface area (Å²) in [5.74, 6) is 1.91. The van der Waals surface area contributed by atoms with E-state index in [0.717, 1.165) is 17.9 Å². The highest BCUT2D eigenvalue weighted by Gasteiger charge is 2.35. The maximum atomic E-state index is 11.8. The zero-order valence-electron chi connectivity index (χ0n) is 12.4. The predicted octanol–water partition coefficient (Wildman–Crippen LogP) is 3.98. The Morgan fingerprint density at radius 2 is 1.56 bits per heavy atom. The Morgan fingerprint density at radius 3 is 2.06 bits per heavy atom. The highest BCUT2D eigenvalue weighted by Crippen LogP contribution is 2.33. The molecule has 0 aromatic heterocycles. The van der Waals surface area contributed by atoms with Crippen LogP contribution in [0.15, 0.2) is 0 Å². The van der Waals surface area contributed by atoms with E-state index in [4.69, 9.17) is 4.74 Å². The molecule has 106 valence electrons. The van der Waals surface area contributed by atoms with Crippen LogP contribution in [0.25, 0.3) is 0 Å². The van der Waals surface area contributed by atoms with Crippen LogP contribution in [-0.2, 0) is 9.53 Å².